The van der Waals surface area contributed by atoms with Gasteiger partial charge in [-0.1, -0.05) is 19.9 Å². The number of carboxylic acid groups (broad SMARTS) is 1. The van der Waals surface area contributed by atoms with Crippen molar-refractivity contribution >= 4 is 11.9 Å². The van der Waals surface area contributed by atoms with Gasteiger partial charge in [0.2, 0.25) is 0 Å². The summed E-state index contributed by atoms with van der Waals surface area (Å²) >= 11 is 0. The minimum atomic E-state index is -0.997. The highest BCUT2D eigenvalue weighted by atomic mass is 16.5. The lowest BCUT2D eigenvalue weighted by atomic mass is 10.1. The molecule has 21 heavy (non-hydrogen) atoms. The summed E-state index contributed by atoms with van der Waals surface area (Å²) in [6.45, 7) is 7.09. The third kappa shape index (κ3) is 4.77. The van der Waals surface area contributed by atoms with E-state index in [1.165, 1.54) is 6.07 Å². The number of amides is 1. The first-order valence-corrected chi connectivity index (χ1v) is 7.24. The second-order valence-corrected chi connectivity index (χ2v) is 4.90. The van der Waals surface area contributed by atoms with E-state index < -0.39 is 5.97 Å². The molecule has 0 atom stereocenters. The molecule has 0 bridgehead atoms. The Morgan fingerprint density at radius 2 is 1.81 bits per heavy atom. The normalized spacial score (nSPS) is 10.2. The van der Waals surface area contributed by atoms with Gasteiger partial charge >= 0.3 is 5.97 Å². The number of hydrogen-bond donors (Lipinski definition) is 1. The monoisotopic (exact) mass is 293 g/mol. The third-order valence-corrected chi connectivity index (χ3v) is 3.21. The van der Waals surface area contributed by atoms with Crippen molar-refractivity contribution in [3.8, 4) is 5.75 Å². The molecular weight excluding hydrogens is 270 g/mol. The summed E-state index contributed by atoms with van der Waals surface area (Å²) in [4.78, 5) is 24.9. The Bertz CT molecular complexity index is 493. The van der Waals surface area contributed by atoms with E-state index in [4.69, 9.17) is 9.84 Å². The fraction of sp³-hybridized carbons (Fsp3) is 0.500. The van der Waals surface area contributed by atoms with E-state index in [1.54, 1.807) is 24.0 Å². The minimum absolute atomic E-state index is 0.0656. The Labute approximate surface area is 125 Å². The summed E-state index contributed by atoms with van der Waals surface area (Å²) in [5, 5.41) is 9.06. The Morgan fingerprint density at radius 1 is 1.19 bits per heavy atom. The second-order valence-electron chi connectivity index (χ2n) is 4.90. The van der Waals surface area contributed by atoms with Crippen LogP contribution in [-0.4, -0.2) is 41.6 Å². The van der Waals surface area contributed by atoms with Gasteiger partial charge in [-0.15, -0.1) is 0 Å². The fourth-order valence-corrected chi connectivity index (χ4v) is 2.13. The van der Waals surface area contributed by atoms with Crippen molar-refractivity contribution in [2.45, 2.75) is 33.6 Å². The first-order chi connectivity index (χ1) is 10.0. The van der Waals surface area contributed by atoms with Gasteiger partial charge in [0.25, 0.3) is 5.91 Å². The third-order valence-electron chi connectivity index (χ3n) is 3.21. The molecule has 1 N–H and O–H groups in total. The van der Waals surface area contributed by atoms with Crippen LogP contribution in [0.3, 0.4) is 0 Å². The van der Waals surface area contributed by atoms with Crippen LogP contribution in [0.15, 0.2) is 18.2 Å². The molecule has 116 valence electrons. The number of hydrogen-bond acceptors (Lipinski definition) is 3. The molecule has 0 aliphatic rings. The first kappa shape index (κ1) is 17.0. The van der Waals surface area contributed by atoms with Crippen molar-refractivity contribution in [1.29, 1.82) is 0 Å². The Hall–Kier alpha value is -2.04. The lowest BCUT2D eigenvalue weighted by Crippen LogP contribution is -2.36. The van der Waals surface area contributed by atoms with Crippen molar-refractivity contribution in [2.24, 2.45) is 0 Å². The average Bonchev–Trinajstić information content (AvgIpc) is 2.45. The minimum Gasteiger partial charge on any atom is -0.483 e. The molecule has 0 saturated heterocycles. The molecular formula is C16H23NO4. The van der Waals surface area contributed by atoms with Crippen molar-refractivity contribution in [2.75, 3.05) is 19.7 Å². The summed E-state index contributed by atoms with van der Waals surface area (Å²) in [5.74, 6) is -0.627. The van der Waals surface area contributed by atoms with Gasteiger partial charge < -0.3 is 14.7 Å². The molecule has 0 aromatic heterocycles. The van der Waals surface area contributed by atoms with E-state index >= 15 is 0 Å². The largest absolute Gasteiger partial charge is 0.483 e. The van der Waals surface area contributed by atoms with Gasteiger partial charge in [-0.2, -0.15) is 0 Å². The van der Waals surface area contributed by atoms with Crippen LogP contribution in [0.2, 0.25) is 0 Å². The van der Waals surface area contributed by atoms with Crippen LogP contribution in [0.5, 0.6) is 5.75 Å². The molecule has 0 saturated carbocycles. The molecule has 0 spiro atoms. The maximum Gasteiger partial charge on any atom is 0.336 e. The van der Waals surface area contributed by atoms with Gasteiger partial charge in [0, 0.05) is 18.7 Å². The number of carbonyl (C=O) groups is 2. The van der Waals surface area contributed by atoms with Crippen LogP contribution in [-0.2, 0) is 4.79 Å². The zero-order valence-electron chi connectivity index (χ0n) is 12.9. The predicted octanol–water partition coefficient (Wildman–Crippen LogP) is 2.72. The van der Waals surface area contributed by atoms with Crippen LogP contribution in [0.25, 0.3) is 0 Å². The Kier molecular flexibility index (Phi) is 6.72. The van der Waals surface area contributed by atoms with E-state index in [1.807, 2.05) is 13.8 Å². The van der Waals surface area contributed by atoms with E-state index in [2.05, 4.69) is 0 Å². The van der Waals surface area contributed by atoms with Gasteiger partial charge in [-0.25, -0.2) is 4.79 Å². The van der Waals surface area contributed by atoms with E-state index in [0.29, 0.717) is 24.4 Å². The lowest BCUT2D eigenvalue weighted by Gasteiger charge is -2.21. The van der Waals surface area contributed by atoms with Gasteiger partial charge in [-0.3, -0.25) is 4.79 Å². The highest BCUT2D eigenvalue weighted by Crippen LogP contribution is 2.21. The average molecular weight is 293 g/mol. The maximum absolute atomic E-state index is 12.1. The summed E-state index contributed by atoms with van der Waals surface area (Å²) in [5.41, 5.74) is 0.731. The molecule has 0 unspecified atom stereocenters. The second kappa shape index (κ2) is 8.29. The van der Waals surface area contributed by atoms with Crippen LogP contribution < -0.4 is 4.74 Å². The zero-order valence-corrected chi connectivity index (χ0v) is 12.9. The number of benzene rings is 1. The van der Waals surface area contributed by atoms with Crippen molar-refractivity contribution < 1.29 is 19.4 Å². The first-order valence-electron chi connectivity index (χ1n) is 7.24. The molecule has 0 heterocycles. The molecule has 1 amide bonds. The molecule has 1 rings (SSSR count). The number of aromatic carboxylic acids is 1. The summed E-state index contributed by atoms with van der Waals surface area (Å²) < 4.78 is 5.51. The Balaban J connectivity index is 2.72. The number of nitrogens with zero attached hydrogens (tertiary/aromatic N) is 1. The van der Waals surface area contributed by atoms with Gasteiger partial charge in [-0.05, 0) is 31.9 Å². The molecule has 0 aliphatic heterocycles. The molecule has 1 aromatic rings. The number of rotatable bonds is 8. The number of carboxylic acids is 1. The number of ether oxygens (including phenoxy) is 1. The molecule has 5 nitrogen and oxygen atoms in total. The highest BCUT2D eigenvalue weighted by Gasteiger charge is 2.15. The van der Waals surface area contributed by atoms with Crippen LogP contribution in [0.4, 0.5) is 0 Å². The SMILES string of the molecule is CCCN(CCC)C(=O)COc1cccc(C(=O)O)c1C. The molecule has 0 radical (unpaired) electrons. The van der Waals surface area contributed by atoms with Crippen molar-refractivity contribution in [3.63, 3.8) is 0 Å². The van der Waals surface area contributed by atoms with Crippen molar-refractivity contribution in [3.05, 3.63) is 29.3 Å². The maximum atomic E-state index is 12.1. The van der Waals surface area contributed by atoms with Crippen LogP contribution in [0.1, 0.15) is 42.6 Å². The fourth-order valence-electron chi connectivity index (χ4n) is 2.13. The molecule has 5 heteroatoms. The van der Waals surface area contributed by atoms with Gasteiger partial charge in [0.15, 0.2) is 6.61 Å². The van der Waals surface area contributed by atoms with E-state index in [-0.39, 0.29) is 18.1 Å². The summed E-state index contributed by atoms with van der Waals surface area (Å²) in [6.07, 6.45) is 1.80. The topological polar surface area (TPSA) is 66.8 Å². The van der Waals surface area contributed by atoms with Gasteiger partial charge in [0.05, 0.1) is 5.56 Å². The smallest absolute Gasteiger partial charge is 0.336 e. The molecule has 0 aliphatic carbocycles. The highest BCUT2D eigenvalue weighted by molar-refractivity contribution is 5.90. The van der Waals surface area contributed by atoms with E-state index in [9.17, 15) is 9.59 Å². The van der Waals surface area contributed by atoms with Crippen molar-refractivity contribution in [1.82, 2.24) is 4.90 Å². The number of carbonyl (C=O) groups excluding carboxylic acids is 1. The summed E-state index contributed by atoms with van der Waals surface area (Å²) in [6, 6.07) is 4.82. The van der Waals surface area contributed by atoms with Crippen LogP contribution in [0, 0.1) is 6.92 Å². The van der Waals surface area contributed by atoms with E-state index in [0.717, 1.165) is 12.8 Å². The van der Waals surface area contributed by atoms with Crippen LogP contribution >= 0.6 is 0 Å². The standard InChI is InChI=1S/C16H23NO4/c1-4-9-17(10-5-2)15(18)11-21-14-8-6-7-13(12(14)3)16(19)20/h6-8H,4-5,9-11H2,1-3H3,(H,19,20). The molecule has 1 aromatic carbocycles. The van der Waals surface area contributed by atoms with Gasteiger partial charge in [0.1, 0.15) is 5.75 Å². The predicted molar refractivity (Wildman–Crippen MR) is 80.8 cm³/mol. The summed E-state index contributed by atoms with van der Waals surface area (Å²) in [7, 11) is 0. The lowest BCUT2D eigenvalue weighted by molar-refractivity contribution is -0.133. The molecule has 0 fully saturated rings. The quantitative estimate of drug-likeness (QED) is 0.800. The zero-order chi connectivity index (χ0) is 15.8. The Morgan fingerprint density at radius 3 is 2.33 bits per heavy atom.